The molecule has 0 spiro atoms. The lowest BCUT2D eigenvalue weighted by Gasteiger charge is -2.08. The van der Waals surface area contributed by atoms with E-state index in [2.05, 4.69) is 4.98 Å². The van der Waals surface area contributed by atoms with E-state index in [0.29, 0.717) is 6.54 Å². The highest BCUT2D eigenvalue weighted by Gasteiger charge is 2.08. The Labute approximate surface area is 99.5 Å². The summed E-state index contributed by atoms with van der Waals surface area (Å²) >= 11 is 0. The largest absolute Gasteiger partial charge is 0.481 e. The summed E-state index contributed by atoms with van der Waals surface area (Å²) in [7, 11) is 0. The van der Waals surface area contributed by atoms with Gasteiger partial charge < -0.3 is 9.67 Å². The van der Waals surface area contributed by atoms with Gasteiger partial charge in [-0.15, -0.1) is 0 Å². The van der Waals surface area contributed by atoms with Gasteiger partial charge in [-0.05, 0) is 12.5 Å². The molecule has 0 aliphatic carbocycles. The van der Waals surface area contributed by atoms with Crippen LogP contribution in [0.4, 0.5) is 0 Å². The Kier molecular flexibility index (Phi) is 3.23. The fraction of sp³-hybridized carbons (Fsp3) is 0.231. The van der Waals surface area contributed by atoms with Crippen LogP contribution in [-0.2, 0) is 11.3 Å². The molecule has 1 heterocycles. The first-order chi connectivity index (χ1) is 8.18. The molecule has 0 unspecified atom stereocenters. The number of rotatable bonds is 4. The van der Waals surface area contributed by atoms with Gasteiger partial charge in [0.2, 0.25) is 0 Å². The minimum Gasteiger partial charge on any atom is -0.481 e. The zero-order valence-corrected chi connectivity index (χ0v) is 9.63. The van der Waals surface area contributed by atoms with Crippen molar-refractivity contribution in [2.24, 2.45) is 0 Å². The fourth-order valence-electron chi connectivity index (χ4n) is 1.77. The zero-order chi connectivity index (χ0) is 12.3. The number of hydrogen-bond donors (Lipinski definition) is 1. The topological polar surface area (TPSA) is 55.1 Å². The molecule has 1 aromatic carbocycles. The maximum absolute atomic E-state index is 10.6. The first-order valence-electron chi connectivity index (χ1n) is 5.47. The average molecular weight is 230 g/mol. The van der Waals surface area contributed by atoms with Gasteiger partial charge in [-0.2, -0.15) is 0 Å². The van der Waals surface area contributed by atoms with Gasteiger partial charge in [0.1, 0.15) is 5.82 Å². The Hall–Kier alpha value is -2.10. The van der Waals surface area contributed by atoms with Crippen LogP contribution < -0.4 is 0 Å². The van der Waals surface area contributed by atoms with E-state index in [0.717, 1.165) is 17.0 Å². The molecule has 1 N–H and O–H groups in total. The molecule has 0 radical (unpaired) electrons. The summed E-state index contributed by atoms with van der Waals surface area (Å²) in [4.78, 5) is 14.9. The molecule has 0 aliphatic heterocycles. The van der Waals surface area contributed by atoms with Crippen molar-refractivity contribution in [3.8, 4) is 11.4 Å². The summed E-state index contributed by atoms with van der Waals surface area (Å²) < 4.78 is 1.87. The molecule has 17 heavy (non-hydrogen) atoms. The zero-order valence-electron chi connectivity index (χ0n) is 9.63. The number of carboxylic acid groups (broad SMARTS) is 1. The second-order valence-electron chi connectivity index (χ2n) is 3.90. The standard InChI is InChI=1S/C13H14N2O2/c1-10-4-2-3-5-11(10)13-14-7-9-15(13)8-6-12(16)17/h2-5,7,9H,6,8H2,1H3,(H,16,17). The highest BCUT2D eigenvalue weighted by molar-refractivity contribution is 5.67. The van der Waals surface area contributed by atoms with E-state index in [1.165, 1.54) is 0 Å². The van der Waals surface area contributed by atoms with Crippen LogP contribution in [0, 0.1) is 6.92 Å². The van der Waals surface area contributed by atoms with E-state index in [4.69, 9.17) is 5.11 Å². The van der Waals surface area contributed by atoms with Crippen LogP contribution in [0.3, 0.4) is 0 Å². The van der Waals surface area contributed by atoms with Crippen molar-refractivity contribution < 1.29 is 9.90 Å². The SMILES string of the molecule is Cc1ccccc1-c1nccn1CCC(=O)O. The number of carboxylic acids is 1. The number of carbonyl (C=O) groups is 1. The van der Waals surface area contributed by atoms with Crippen molar-refractivity contribution in [2.75, 3.05) is 0 Å². The van der Waals surface area contributed by atoms with Crippen molar-refractivity contribution in [1.29, 1.82) is 0 Å². The molecular weight excluding hydrogens is 216 g/mol. The second kappa shape index (κ2) is 4.82. The first-order valence-corrected chi connectivity index (χ1v) is 5.47. The van der Waals surface area contributed by atoms with Crippen LogP contribution >= 0.6 is 0 Å². The van der Waals surface area contributed by atoms with Crippen molar-refractivity contribution >= 4 is 5.97 Å². The smallest absolute Gasteiger partial charge is 0.305 e. The van der Waals surface area contributed by atoms with Crippen molar-refractivity contribution in [2.45, 2.75) is 19.9 Å². The van der Waals surface area contributed by atoms with E-state index in [9.17, 15) is 4.79 Å². The number of imidazole rings is 1. The summed E-state index contributed by atoms with van der Waals surface area (Å²) in [6, 6.07) is 7.95. The quantitative estimate of drug-likeness (QED) is 0.877. The molecule has 2 aromatic rings. The predicted octanol–water partition coefficient (Wildman–Crippen LogP) is 2.33. The second-order valence-corrected chi connectivity index (χ2v) is 3.90. The molecule has 0 fully saturated rings. The number of aryl methyl sites for hydroxylation is 2. The third-order valence-corrected chi connectivity index (χ3v) is 2.67. The van der Waals surface area contributed by atoms with E-state index in [-0.39, 0.29) is 6.42 Å². The maximum Gasteiger partial charge on any atom is 0.305 e. The number of nitrogens with zero attached hydrogens (tertiary/aromatic N) is 2. The van der Waals surface area contributed by atoms with E-state index in [1.54, 1.807) is 6.20 Å². The summed E-state index contributed by atoms with van der Waals surface area (Å²) in [5, 5.41) is 8.69. The van der Waals surface area contributed by atoms with Gasteiger partial charge in [-0.1, -0.05) is 24.3 Å². The predicted molar refractivity (Wildman–Crippen MR) is 64.7 cm³/mol. The molecule has 0 amide bonds. The highest BCUT2D eigenvalue weighted by atomic mass is 16.4. The Morgan fingerprint density at radius 2 is 2.18 bits per heavy atom. The summed E-state index contributed by atoms with van der Waals surface area (Å²) in [5.74, 6) is 0.0267. The Balaban J connectivity index is 2.31. The minimum absolute atomic E-state index is 0.106. The van der Waals surface area contributed by atoms with Gasteiger partial charge in [0.05, 0.1) is 6.42 Å². The van der Waals surface area contributed by atoms with Gasteiger partial charge in [-0.25, -0.2) is 4.98 Å². The van der Waals surface area contributed by atoms with Crippen LogP contribution in [-0.4, -0.2) is 20.6 Å². The summed E-state index contributed by atoms with van der Waals surface area (Å²) in [6.45, 7) is 2.46. The number of aromatic nitrogens is 2. The summed E-state index contributed by atoms with van der Waals surface area (Å²) in [6.07, 6.45) is 3.61. The monoisotopic (exact) mass is 230 g/mol. The molecule has 0 bridgehead atoms. The minimum atomic E-state index is -0.797. The molecule has 0 aliphatic rings. The number of aliphatic carboxylic acids is 1. The number of hydrogen-bond acceptors (Lipinski definition) is 2. The molecule has 0 saturated carbocycles. The van der Waals surface area contributed by atoms with Crippen molar-refractivity contribution in [3.05, 3.63) is 42.2 Å². The van der Waals surface area contributed by atoms with Crippen molar-refractivity contribution in [3.63, 3.8) is 0 Å². The maximum atomic E-state index is 10.6. The lowest BCUT2D eigenvalue weighted by molar-refractivity contribution is -0.137. The van der Waals surface area contributed by atoms with Gasteiger partial charge in [0, 0.05) is 24.5 Å². The molecule has 0 saturated heterocycles. The average Bonchev–Trinajstić information content (AvgIpc) is 2.75. The van der Waals surface area contributed by atoms with Crippen LogP contribution in [0.2, 0.25) is 0 Å². The van der Waals surface area contributed by atoms with Gasteiger partial charge in [0.25, 0.3) is 0 Å². The van der Waals surface area contributed by atoms with Gasteiger partial charge in [-0.3, -0.25) is 4.79 Å². The van der Waals surface area contributed by atoms with Gasteiger partial charge >= 0.3 is 5.97 Å². The first kappa shape index (κ1) is 11.4. The van der Waals surface area contributed by atoms with Gasteiger partial charge in [0.15, 0.2) is 0 Å². The Morgan fingerprint density at radius 1 is 1.41 bits per heavy atom. The summed E-state index contributed by atoms with van der Waals surface area (Å²) in [5.41, 5.74) is 2.18. The molecule has 1 aromatic heterocycles. The van der Waals surface area contributed by atoms with E-state index < -0.39 is 5.97 Å². The lowest BCUT2D eigenvalue weighted by atomic mass is 10.1. The van der Waals surface area contributed by atoms with E-state index in [1.807, 2.05) is 42.0 Å². The van der Waals surface area contributed by atoms with E-state index >= 15 is 0 Å². The molecular formula is C13H14N2O2. The molecule has 4 heteroatoms. The van der Waals surface area contributed by atoms with Crippen LogP contribution in [0.1, 0.15) is 12.0 Å². The normalized spacial score (nSPS) is 10.4. The fourth-order valence-corrected chi connectivity index (χ4v) is 1.77. The van der Waals surface area contributed by atoms with Crippen LogP contribution in [0.5, 0.6) is 0 Å². The Bertz CT molecular complexity index is 532. The number of benzene rings is 1. The van der Waals surface area contributed by atoms with Crippen LogP contribution in [0.15, 0.2) is 36.7 Å². The molecule has 88 valence electrons. The third-order valence-electron chi connectivity index (χ3n) is 2.67. The lowest BCUT2D eigenvalue weighted by Crippen LogP contribution is -2.05. The highest BCUT2D eigenvalue weighted by Crippen LogP contribution is 2.21. The van der Waals surface area contributed by atoms with Crippen LogP contribution in [0.25, 0.3) is 11.4 Å². The molecule has 0 atom stereocenters. The van der Waals surface area contributed by atoms with Crippen molar-refractivity contribution in [1.82, 2.24) is 9.55 Å². The molecule has 2 rings (SSSR count). The molecule has 4 nitrogen and oxygen atoms in total. The Morgan fingerprint density at radius 3 is 2.88 bits per heavy atom. The third kappa shape index (κ3) is 2.53.